The van der Waals surface area contributed by atoms with E-state index in [0.717, 1.165) is 45.3 Å². The molecule has 1 unspecified atom stereocenters. The van der Waals surface area contributed by atoms with E-state index in [4.69, 9.17) is 0 Å². The molecular formula is C22H26N2O. The minimum atomic E-state index is 0.162. The normalized spacial score (nSPS) is 21.0. The molecule has 3 nitrogen and oxygen atoms in total. The van der Waals surface area contributed by atoms with Gasteiger partial charge in [-0.2, -0.15) is 0 Å². The lowest BCUT2D eigenvalue weighted by Gasteiger charge is -2.40. The summed E-state index contributed by atoms with van der Waals surface area (Å²) in [5.74, 6) is 0.543. The van der Waals surface area contributed by atoms with Crippen LogP contribution in [0.1, 0.15) is 35.6 Å². The van der Waals surface area contributed by atoms with Gasteiger partial charge in [0.2, 0.25) is 5.91 Å². The molecule has 1 fully saturated rings. The highest BCUT2D eigenvalue weighted by Crippen LogP contribution is 2.34. The minimum absolute atomic E-state index is 0.162. The van der Waals surface area contributed by atoms with Crippen LogP contribution in [0.3, 0.4) is 0 Å². The Morgan fingerprint density at radius 2 is 1.72 bits per heavy atom. The summed E-state index contributed by atoms with van der Waals surface area (Å²) in [6, 6.07) is 19.4. The molecule has 25 heavy (non-hydrogen) atoms. The number of hydrogen-bond donors (Lipinski definition) is 1. The lowest BCUT2D eigenvalue weighted by molar-refractivity contribution is -0.139. The van der Waals surface area contributed by atoms with Crippen molar-refractivity contribution in [3.8, 4) is 0 Å². The summed E-state index contributed by atoms with van der Waals surface area (Å²) < 4.78 is 0. The third-order valence-electron chi connectivity index (χ3n) is 5.66. The number of rotatable bonds is 3. The molecule has 2 heterocycles. The van der Waals surface area contributed by atoms with Crippen molar-refractivity contribution in [1.29, 1.82) is 0 Å². The van der Waals surface area contributed by atoms with Crippen LogP contribution in [0.15, 0.2) is 54.6 Å². The van der Waals surface area contributed by atoms with E-state index in [2.05, 4.69) is 64.8 Å². The molecule has 2 aromatic carbocycles. The minimum Gasteiger partial charge on any atom is -0.335 e. The van der Waals surface area contributed by atoms with Gasteiger partial charge in [-0.3, -0.25) is 4.79 Å². The molecule has 3 heteroatoms. The Labute approximate surface area is 150 Å². The van der Waals surface area contributed by atoms with E-state index >= 15 is 0 Å². The second kappa shape index (κ2) is 7.40. The smallest absolute Gasteiger partial charge is 0.226 e. The highest BCUT2D eigenvalue weighted by Gasteiger charge is 2.34. The van der Waals surface area contributed by atoms with Crippen LogP contribution in [0, 0.1) is 5.92 Å². The van der Waals surface area contributed by atoms with Gasteiger partial charge in [0.15, 0.2) is 0 Å². The first-order valence-electron chi connectivity index (χ1n) is 9.46. The predicted octanol–water partition coefficient (Wildman–Crippen LogP) is 3.35. The largest absolute Gasteiger partial charge is 0.335 e. The summed E-state index contributed by atoms with van der Waals surface area (Å²) in [5, 5.41) is 3.37. The van der Waals surface area contributed by atoms with Crippen molar-refractivity contribution in [3.63, 3.8) is 0 Å². The van der Waals surface area contributed by atoms with E-state index < -0.39 is 0 Å². The van der Waals surface area contributed by atoms with Crippen LogP contribution in [0.5, 0.6) is 0 Å². The quantitative estimate of drug-likeness (QED) is 0.933. The number of benzene rings is 2. The van der Waals surface area contributed by atoms with Gasteiger partial charge < -0.3 is 10.2 Å². The van der Waals surface area contributed by atoms with Gasteiger partial charge in [0.25, 0.3) is 0 Å². The summed E-state index contributed by atoms with van der Waals surface area (Å²) in [5.41, 5.74) is 4.03. The summed E-state index contributed by atoms with van der Waals surface area (Å²) >= 11 is 0. The van der Waals surface area contributed by atoms with Crippen molar-refractivity contribution < 1.29 is 4.79 Å². The molecule has 0 saturated carbocycles. The Morgan fingerprint density at radius 1 is 1.00 bits per heavy atom. The fourth-order valence-corrected chi connectivity index (χ4v) is 4.28. The Balaban J connectivity index is 1.63. The SMILES string of the molecule is O=C(C1CCNCC1)N1CCc2ccccc2C1Cc1ccccc1. The Kier molecular flexibility index (Phi) is 4.84. The monoisotopic (exact) mass is 334 g/mol. The number of amides is 1. The van der Waals surface area contributed by atoms with Gasteiger partial charge in [-0.15, -0.1) is 0 Å². The van der Waals surface area contributed by atoms with E-state index in [0.29, 0.717) is 5.91 Å². The maximum absolute atomic E-state index is 13.3. The molecule has 4 rings (SSSR count). The molecule has 0 spiro atoms. The first-order chi connectivity index (χ1) is 12.3. The van der Waals surface area contributed by atoms with Crippen molar-refractivity contribution in [3.05, 3.63) is 71.3 Å². The molecule has 0 aromatic heterocycles. The maximum atomic E-state index is 13.3. The highest BCUT2D eigenvalue weighted by atomic mass is 16.2. The first-order valence-corrected chi connectivity index (χ1v) is 9.46. The lowest BCUT2D eigenvalue weighted by atomic mass is 9.86. The Bertz CT molecular complexity index is 722. The second-order valence-electron chi connectivity index (χ2n) is 7.21. The third kappa shape index (κ3) is 3.47. The lowest BCUT2D eigenvalue weighted by Crippen LogP contribution is -2.46. The summed E-state index contributed by atoms with van der Waals surface area (Å²) in [6.07, 6.45) is 3.80. The van der Waals surface area contributed by atoms with E-state index in [1.165, 1.54) is 16.7 Å². The molecule has 2 aromatic rings. The average molecular weight is 334 g/mol. The summed E-state index contributed by atoms with van der Waals surface area (Å²) in [4.78, 5) is 15.4. The highest BCUT2D eigenvalue weighted by molar-refractivity contribution is 5.80. The van der Waals surface area contributed by atoms with Crippen LogP contribution in [-0.4, -0.2) is 30.4 Å². The first kappa shape index (κ1) is 16.3. The van der Waals surface area contributed by atoms with Crippen molar-refractivity contribution >= 4 is 5.91 Å². The van der Waals surface area contributed by atoms with Gasteiger partial charge in [-0.25, -0.2) is 0 Å². The number of fused-ring (bicyclic) bond motifs is 1. The number of nitrogens with zero attached hydrogens (tertiary/aromatic N) is 1. The van der Waals surface area contributed by atoms with Crippen LogP contribution in [0.25, 0.3) is 0 Å². The molecule has 2 aliphatic rings. The number of carbonyl (C=O) groups is 1. The molecule has 1 amide bonds. The number of piperidine rings is 1. The Hall–Kier alpha value is -2.13. The van der Waals surface area contributed by atoms with Gasteiger partial charge >= 0.3 is 0 Å². The van der Waals surface area contributed by atoms with Gasteiger partial charge in [0, 0.05) is 12.5 Å². The van der Waals surface area contributed by atoms with Crippen LogP contribution in [0.2, 0.25) is 0 Å². The van der Waals surface area contributed by atoms with E-state index in [-0.39, 0.29) is 12.0 Å². The van der Waals surface area contributed by atoms with E-state index in [1.807, 2.05) is 0 Å². The molecule has 0 radical (unpaired) electrons. The van der Waals surface area contributed by atoms with Gasteiger partial charge in [0.1, 0.15) is 0 Å². The van der Waals surface area contributed by atoms with Crippen LogP contribution in [0.4, 0.5) is 0 Å². The molecule has 0 aliphatic carbocycles. The van der Waals surface area contributed by atoms with Crippen molar-refractivity contribution in [2.45, 2.75) is 31.7 Å². The van der Waals surface area contributed by atoms with Gasteiger partial charge in [-0.1, -0.05) is 54.6 Å². The van der Waals surface area contributed by atoms with Gasteiger partial charge in [0.05, 0.1) is 6.04 Å². The standard InChI is InChI=1S/C22H26N2O/c25-22(19-10-13-23-14-11-19)24-15-12-18-8-4-5-9-20(18)21(24)16-17-6-2-1-3-7-17/h1-9,19,21,23H,10-16H2. The topological polar surface area (TPSA) is 32.3 Å². The van der Waals surface area contributed by atoms with Crippen molar-refractivity contribution in [2.75, 3.05) is 19.6 Å². The van der Waals surface area contributed by atoms with E-state index in [9.17, 15) is 4.79 Å². The molecule has 130 valence electrons. The zero-order valence-corrected chi connectivity index (χ0v) is 14.7. The molecule has 0 bridgehead atoms. The number of nitrogens with one attached hydrogen (secondary N) is 1. The molecule has 1 saturated heterocycles. The Morgan fingerprint density at radius 3 is 2.52 bits per heavy atom. The van der Waals surface area contributed by atoms with Crippen LogP contribution in [-0.2, 0) is 17.6 Å². The second-order valence-corrected chi connectivity index (χ2v) is 7.21. The molecule has 1 N–H and O–H groups in total. The molecule has 2 aliphatic heterocycles. The van der Waals surface area contributed by atoms with Gasteiger partial charge in [-0.05, 0) is 55.5 Å². The fourth-order valence-electron chi connectivity index (χ4n) is 4.28. The third-order valence-corrected chi connectivity index (χ3v) is 5.66. The van der Waals surface area contributed by atoms with Crippen LogP contribution < -0.4 is 5.32 Å². The molecule has 1 atom stereocenters. The van der Waals surface area contributed by atoms with E-state index in [1.54, 1.807) is 0 Å². The number of hydrogen-bond acceptors (Lipinski definition) is 2. The summed E-state index contributed by atoms with van der Waals surface area (Å²) in [6.45, 7) is 2.77. The van der Waals surface area contributed by atoms with Crippen LogP contribution >= 0.6 is 0 Å². The van der Waals surface area contributed by atoms with Crippen molar-refractivity contribution in [2.24, 2.45) is 5.92 Å². The average Bonchev–Trinajstić information content (AvgIpc) is 2.69. The summed E-state index contributed by atoms with van der Waals surface area (Å²) in [7, 11) is 0. The zero-order valence-electron chi connectivity index (χ0n) is 14.7. The zero-order chi connectivity index (χ0) is 17.1. The fraction of sp³-hybridized carbons (Fsp3) is 0.409. The molecular weight excluding hydrogens is 308 g/mol. The predicted molar refractivity (Wildman–Crippen MR) is 100 cm³/mol. The van der Waals surface area contributed by atoms with Crippen molar-refractivity contribution in [1.82, 2.24) is 10.2 Å². The maximum Gasteiger partial charge on any atom is 0.226 e. The number of carbonyl (C=O) groups excluding carboxylic acids is 1.